The maximum absolute atomic E-state index is 6.05. The van der Waals surface area contributed by atoms with Crippen LogP contribution in [0.25, 0.3) is 0 Å². The summed E-state index contributed by atoms with van der Waals surface area (Å²) in [5, 5.41) is 1.30. The molecule has 0 amide bonds. The van der Waals surface area contributed by atoms with Crippen LogP contribution in [0.5, 0.6) is 0 Å². The Balaban J connectivity index is 2.85. The van der Waals surface area contributed by atoms with Gasteiger partial charge in [0.1, 0.15) is 0 Å². The molecule has 0 heterocycles. The lowest BCUT2D eigenvalue weighted by Crippen LogP contribution is -2.29. The lowest BCUT2D eigenvalue weighted by Gasteiger charge is -2.17. The maximum atomic E-state index is 6.05. The van der Waals surface area contributed by atoms with E-state index in [0.717, 1.165) is 12.0 Å². The molecule has 1 aromatic rings. The van der Waals surface area contributed by atoms with Crippen molar-refractivity contribution in [3.05, 3.63) is 33.8 Å². The number of rotatable bonds is 5. The number of hydrogen-bond acceptors (Lipinski definition) is 3. The minimum Gasteiger partial charge on any atom is -0.385 e. The van der Waals surface area contributed by atoms with Gasteiger partial charge in [-0.05, 0) is 30.2 Å². The maximum Gasteiger partial charge on any atom is 0.0497 e. The van der Waals surface area contributed by atoms with Gasteiger partial charge in [-0.3, -0.25) is 11.3 Å². The highest BCUT2D eigenvalue weighted by Gasteiger charge is 2.13. The highest BCUT2D eigenvalue weighted by Crippen LogP contribution is 2.27. The van der Waals surface area contributed by atoms with E-state index in [2.05, 4.69) is 5.43 Å². The van der Waals surface area contributed by atoms with Crippen LogP contribution in [0.3, 0.4) is 0 Å². The normalized spacial score (nSPS) is 12.8. The molecule has 0 aliphatic rings. The zero-order valence-electron chi connectivity index (χ0n) is 8.47. The Morgan fingerprint density at radius 3 is 2.80 bits per heavy atom. The summed E-state index contributed by atoms with van der Waals surface area (Å²) < 4.78 is 4.99. The molecule has 1 atom stereocenters. The molecule has 0 saturated heterocycles. The highest BCUT2D eigenvalue weighted by atomic mass is 35.5. The van der Waals surface area contributed by atoms with Gasteiger partial charge in [0.25, 0.3) is 0 Å². The van der Waals surface area contributed by atoms with Gasteiger partial charge >= 0.3 is 0 Å². The van der Waals surface area contributed by atoms with E-state index in [-0.39, 0.29) is 6.04 Å². The van der Waals surface area contributed by atoms with Gasteiger partial charge in [0.15, 0.2) is 0 Å². The second kappa shape index (κ2) is 6.30. The Bertz CT molecular complexity index is 320. The average Bonchev–Trinajstić information content (AvgIpc) is 2.24. The smallest absolute Gasteiger partial charge is 0.0497 e. The zero-order valence-corrected chi connectivity index (χ0v) is 9.98. The van der Waals surface area contributed by atoms with E-state index >= 15 is 0 Å². The van der Waals surface area contributed by atoms with Crippen molar-refractivity contribution in [2.24, 2.45) is 5.84 Å². The molecular formula is C10H14Cl2N2O. The molecule has 3 N–H and O–H groups in total. The van der Waals surface area contributed by atoms with Crippen LogP contribution in [0.2, 0.25) is 10.0 Å². The molecular weight excluding hydrogens is 235 g/mol. The second-order valence-corrected chi connectivity index (χ2v) is 4.01. The van der Waals surface area contributed by atoms with Crippen molar-refractivity contribution in [2.75, 3.05) is 13.7 Å². The zero-order chi connectivity index (χ0) is 11.3. The number of hydrazine groups is 1. The molecule has 0 spiro atoms. The van der Waals surface area contributed by atoms with Gasteiger partial charge in [-0.2, -0.15) is 0 Å². The fourth-order valence-electron chi connectivity index (χ4n) is 1.35. The fraction of sp³-hybridized carbons (Fsp3) is 0.400. The molecule has 0 bridgehead atoms. The topological polar surface area (TPSA) is 47.3 Å². The number of hydrogen-bond donors (Lipinski definition) is 2. The Labute approximate surface area is 99.5 Å². The molecule has 1 rings (SSSR count). The monoisotopic (exact) mass is 248 g/mol. The van der Waals surface area contributed by atoms with Crippen molar-refractivity contribution >= 4 is 23.2 Å². The van der Waals surface area contributed by atoms with Crippen LogP contribution in [0, 0.1) is 0 Å². The summed E-state index contributed by atoms with van der Waals surface area (Å²) in [4.78, 5) is 0. The van der Waals surface area contributed by atoms with E-state index in [1.807, 2.05) is 6.07 Å². The Morgan fingerprint density at radius 1 is 1.47 bits per heavy atom. The van der Waals surface area contributed by atoms with Crippen LogP contribution >= 0.6 is 23.2 Å². The number of nitrogens with two attached hydrogens (primary N) is 1. The SMILES string of the molecule is COCCC(NN)c1cc(Cl)ccc1Cl. The Hall–Kier alpha value is -0.320. The summed E-state index contributed by atoms with van der Waals surface area (Å²) in [6.45, 7) is 0.609. The molecule has 3 nitrogen and oxygen atoms in total. The lowest BCUT2D eigenvalue weighted by molar-refractivity contribution is 0.183. The third-order valence-corrected chi connectivity index (χ3v) is 2.72. The number of methoxy groups -OCH3 is 1. The number of benzene rings is 1. The lowest BCUT2D eigenvalue weighted by atomic mass is 10.0. The predicted octanol–water partition coefficient (Wildman–Crippen LogP) is 2.53. The van der Waals surface area contributed by atoms with Gasteiger partial charge in [-0.25, -0.2) is 0 Å². The van der Waals surface area contributed by atoms with Crippen LogP contribution in [0.4, 0.5) is 0 Å². The molecule has 0 saturated carbocycles. The summed E-state index contributed by atoms with van der Waals surface area (Å²) >= 11 is 11.9. The molecule has 0 aromatic heterocycles. The Kier molecular flexibility index (Phi) is 5.36. The number of nitrogens with one attached hydrogen (secondary N) is 1. The Morgan fingerprint density at radius 2 is 2.20 bits per heavy atom. The number of ether oxygens (including phenoxy) is 1. The molecule has 0 aliphatic heterocycles. The van der Waals surface area contributed by atoms with Crippen molar-refractivity contribution in [2.45, 2.75) is 12.5 Å². The van der Waals surface area contributed by atoms with E-state index in [1.165, 1.54) is 0 Å². The van der Waals surface area contributed by atoms with Crippen molar-refractivity contribution in [3.8, 4) is 0 Å². The van der Waals surface area contributed by atoms with Crippen molar-refractivity contribution in [1.82, 2.24) is 5.43 Å². The third-order valence-electron chi connectivity index (χ3n) is 2.15. The van der Waals surface area contributed by atoms with Gasteiger partial charge in [0, 0.05) is 29.8 Å². The fourth-order valence-corrected chi connectivity index (χ4v) is 1.78. The molecule has 0 fully saturated rings. The van der Waals surface area contributed by atoms with E-state index in [1.54, 1.807) is 19.2 Å². The highest BCUT2D eigenvalue weighted by molar-refractivity contribution is 6.33. The second-order valence-electron chi connectivity index (χ2n) is 3.17. The molecule has 5 heteroatoms. The van der Waals surface area contributed by atoms with Gasteiger partial charge < -0.3 is 4.74 Å². The molecule has 84 valence electrons. The summed E-state index contributed by atoms with van der Waals surface area (Å²) in [5.74, 6) is 5.46. The largest absolute Gasteiger partial charge is 0.385 e. The van der Waals surface area contributed by atoms with Crippen LogP contribution < -0.4 is 11.3 Å². The summed E-state index contributed by atoms with van der Waals surface area (Å²) in [7, 11) is 1.65. The van der Waals surface area contributed by atoms with E-state index < -0.39 is 0 Å². The van der Waals surface area contributed by atoms with E-state index in [0.29, 0.717) is 16.7 Å². The van der Waals surface area contributed by atoms with Crippen LogP contribution in [0.15, 0.2) is 18.2 Å². The minimum atomic E-state index is -0.0452. The van der Waals surface area contributed by atoms with Crippen molar-refractivity contribution in [1.29, 1.82) is 0 Å². The molecule has 0 radical (unpaired) electrons. The van der Waals surface area contributed by atoms with E-state index in [9.17, 15) is 0 Å². The van der Waals surface area contributed by atoms with Crippen LogP contribution in [0.1, 0.15) is 18.0 Å². The van der Waals surface area contributed by atoms with Crippen LogP contribution in [-0.4, -0.2) is 13.7 Å². The van der Waals surface area contributed by atoms with Gasteiger partial charge in [-0.1, -0.05) is 23.2 Å². The first kappa shape index (κ1) is 12.7. The number of halogens is 2. The summed E-state index contributed by atoms with van der Waals surface area (Å²) in [6.07, 6.45) is 0.743. The van der Waals surface area contributed by atoms with Crippen molar-refractivity contribution in [3.63, 3.8) is 0 Å². The summed E-state index contributed by atoms with van der Waals surface area (Å²) in [6, 6.07) is 5.27. The molecule has 1 aromatic carbocycles. The third kappa shape index (κ3) is 3.63. The first-order valence-electron chi connectivity index (χ1n) is 4.59. The standard InChI is InChI=1S/C10H14Cl2N2O/c1-15-5-4-10(14-13)8-6-7(11)2-3-9(8)12/h2-3,6,10,14H,4-5,13H2,1H3. The molecule has 0 aliphatic carbocycles. The van der Waals surface area contributed by atoms with Crippen LogP contribution in [-0.2, 0) is 4.74 Å². The first-order chi connectivity index (χ1) is 7.19. The van der Waals surface area contributed by atoms with E-state index in [4.69, 9.17) is 33.8 Å². The molecule has 1 unspecified atom stereocenters. The summed E-state index contributed by atoms with van der Waals surface area (Å²) in [5.41, 5.74) is 3.59. The minimum absolute atomic E-state index is 0.0452. The van der Waals surface area contributed by atoms with Crippen molar-refractivity contribution < 1.29 is 4.74 Å². The van der Waals surface area contributed by atoms with Gasteiger partial charge in [0.05, 0.1) is 0 Å². The average molecular weight is 249 g/mol. The first-order valence-corrected chi connectivity index (χ1v) is 5.34. The van der Waals surface area contributed by atoms with Gasteiger partial charge in [-0.15, -0.1) is 0 Å². The quantitative estimate of drug-likeness (QED) is 0.622. The molecule has 15 heavy (non-hydrogen) atoms. The van der Waals surface area contributed by atoms with Gasteiger partial charge in [0.2, 0.25) is 0 Å². The predicted molar refractivity (Wildman–Crippen MR) is 63.0 cm³/mol.